The second-order valence-corrected chi connectivity index (χ2v) is 12.9. The summed E-state index contributed by atoms with van der Waals surface area (Å²) in [4.78, 5) is 29.2. The van der Waals surface area contributed by atoms with Crippen LogP contribution >= 0.6 is 24.8 Å². The van der Waals surface area contributed by atoms with Gasteiger partial charge in [0, 0.05) is 50.3 Å². The quantitative estimate of drug-likeness (QED) is 0.208. The molecule has 4 aromatic rings. The van der Waals surface area contributed by atoms with Crippen molar-refractivity contribution < 1.29 is 27.8 Å². The number of rotatable bonds is 9. The van der Waals surface area contributed by atoms with Crippen LogP contribution in [0.5, 0.6) is 6.01 Å². The topological polar surface area (TPSA) is 118 Å². The molecule has 2 aromatic carbocycles. The zero-order valence-corrected chi connectivity index (χ0v) is 28.0. The number of fused-ring (bicyclic) bond motifs is 3. The first kappa shape index (κ1) is 35.8. The van der Waals surface area contributed by atoms with E-state index in [1.165, 1.54) is 12.3 Å². The molecule has 0 amide bonds. The molecule has 0 saturated carbocycles. The number of halogens is 5. The summed E-state index contributed by atoms with van der Waals surface area (Å²) in [5.41, 5.74) is 6.57. The fourth-order valence-electron chi connectivity index (χ4n) is 7.65. The van der Waals surface area contributed by atoms with Crippen LogP contribution in [0, 0.1) is 11.6 Å². The molecule has 3 saturated heterocycles. The standard InChI is InChI=1S/C34H37F3N6O3.2ClH/c35-21-15-34(12-4-14-43(34)17-21)19-46-33-40-31-25(32(41-33)42-13-3-6-22(38)18-42)16-39-30(29(31)37)24-8-1-5-20-10-11-26(36)23(28(20)24)7-2-9-27(44)45;;/h1,5,8,10-11,16,21-22H,2-4,6-7,9,12-15,17-19,38H2,(H,44,45);2*1H/t21-,22-,34+;;/m1../s1. The predicted octanol–water partition coefficient (Wildman–Crippen LogP) is 6.26. The number of ether oxygens (including phenoxy) is 1. The van der Waals surface area contributed by atoms with E-state index in [0.29, 0.717) is 59.2 Å². The van der Waals surface area contributed by atoms with Crippen molar-refractivity contribution in [1.29, 1.82) is 0 Å². The minimum atomic E-state index is -0.969. The number of hydrogen-bond donors (Lipinski definition) is 2. The van der Waals surface area contributed by atoms with Gasteiger partial charge >= 0.3 is 12.0 Å². The maximum atomic E-state index is 16.8. The molecule has 0 unspecified atom stereocenters. The van der Waals surface area contributed by atoms with E-state index in [2.05, 4.69) is 14.9 Å². The molecule has 0 aliphatic carbocycles. The third-order valence-electron chi connectivity index (χ3n) is 9.80. The van der Waals surface area contributed by atoms with Gasteiger partial charge in [0.1, 0.15) is 35.6 Å². The smallest absolute Gasteiger partial charge is 0.319 e. The first-order valence-corrected chi connectivity index (χ1v) is 16.0. The molecule has 3 fully saturated rings. The van der Waals surface area contributed by atoms with Gasteiger partial charge in [-0.2, -0.15) is 9.97 Å². The summed E-state index contributed by atoms with van der Waals surface area (Å²) in [6, 6.07) is 8.14. The van der Waals surface area contributed by atoms with Gasteiger partial charge in [-0.15, -0.1) is 24.8 Å². The second kappa shape index (κ2) is 14.6. The minimum Gasteiger partial charge on any atom is -0.481 e. The molecular weight excluding hydrogens is 668 g/mol. The Labute approximate surface area is 288 Å². The van der Waals surface area contributed by atoms with E-state index in [1.807, 2.05) is 4.90 Å². The van der Waals surface area contributed by atoms with Crippen LogP contribution in [-0.2, 0) is 11.2 Å². The van der Waals surface area contributed by atoms with Gasteiger partial charge in [-0.25, -0.2) is 13.2 Å². The monoisotopic (exact) mass is 706 g/mol. The second-order valence-electron chi connectivity index (χ2n) is 12.9. The molecule has 0 radical (unpaired) electrons. The average Bonchev–Trinajstić information content (AvgIpc) is 3.56. The highest BCUT2D eigenvalue weighted by Crippen LogP contribution is 2.41. The number of hydrogen-bond acceptors (Lipinski definition) is 8. The average molecular weight is 708 g/mol. The van der Waals surface area contributed by atoms with Gasteiger partial charge in [-0.3, -0.25) is 14.7 Å². The number of pyridine rings is 1. The highest BCUT2D eigenvalue weighted by molar-refractivity contribution is 6.01. The Morgan fingerprint density at radius 1 is 1.10 bits per heavy atom. The first-order valence-electron chi connectivity index (χ1n) is 16.0. The first-order chi connectivity index (χ1) is 22.2. The van der Waals surface area contributed by atoms with Crippen LogP contribution < -0.4 is 15.4 Å². The Morgan fingerprint density at radius 3 is 2.73 bits per heavy atom. The maximum Gasteiger partial charge on any atom is 0.319 e. The summed E-state index contributed by atoms with van der Waals surface area (Å²) in [7, 11) is 0. The van der Waals surface area contributed by atoms with Gasteiger partial charge in [0.25, 0.3) is 0 Å². The van der Waals surface area contributed by atoms with Crippen molar-refractivity contribution in [3.8, 4) is 17.3 Å². The number of carbonyl (C=O) groups is 1. The van der Waals surface area contributed by atoms with Crippen molar-refractivity contribution in [1.82, 2.24) is 19.9 Å². The normalized spacial score (nSPS) is 22.4. The number of aryl methyl sites for hydroxylation is 1. The molecule has 3 atom stereocenters. The number of piperidine rings is 1. The van der Waals surface area contributed by atoms with Crippen LogP contribution in [0.3, 0.4) is 0 Å². The molecule has 2 aromatic heterocycles. The molecule has 0 spiro atoms. The van der Waals surface area contributed by atoms with Crippen LogP contribution in [0.15, 0.2) is 36.5 Å². The lowest BCUT2D eigenvalue weighted by Gasteiger charge is -2.33. The van der Waals surface area contributed by atoms with Crippen LogP contribution in [0.25, 0.3) is 32.9 Å². The number of anilines is 1. The molecule has 48 heavy (non-hydrogen) atoms. The summed E-state index contributed by atoms with van der Waals surface area (Å²) in [5.74, 6) is -1.69. The number of carboxylic acids is 1. The fourth-order valence-corrected chi connectivity index (χ4v) is 7.65. The number of nitrogens with zero attached hydrogens (tertiary/aromatic N) is 5. The Bertz CT molecular complexity index is 1820. The number of aliphatic carboxylic acids is 1. The van der Waals surface area contributed by atoms with Crippen LogP contribution in [-0.4, -0.2) is 81.5 Å². The number of alkyl halides is 1. The van der Waals surface area contributed by atoms with Crippen molar-refractivity contribution in [3.05, 3.63) is 53.7 Å². The summed E-state index contributed by atoms with van der Waals surface area (Å²) >= 11 is 0. The van der Waals surface area contributed by atoms with E-state index in [0.717, 1.165) is 32.2 Å². The zero-order valence-electron chi connectivity index (χ0n) is 26.3. The number of carboxylic acid groups (broad SMARTS) is 1. The molecule has 7 rings (SSSR count). The summed E-state index contributed by atoms with van der Waals surface area (Å²) < 4.78 is 52.7. The Balaban J connectivity index is 0.00000225. The van der Waals surface area contributed by atoms with E-state index < -0.39 is 29.3 Å². The molecule has 0 bridgehead atoms. The fraction of sp³-hybridized carbons (Fsp3) is 0.471. The zero-order chi connectivity index (χ0) is 32.0. The molecule has 3 aliphatic heterocycles. The lowest BCUT2D eigenvalue weighted by atomic mass is 9.93. The van der Waals surface area contributed by atoms with E-state index in [1.54, 1.807) is 24.3 Å². The van der Waals surface area contributed by atoms with E-state index >= 15 is 8.78 Å². The molecular formula is C34H39Cl2F3N6O3. The Hall–Kier alpha value is -3.45. The molecule has 9 nitrogen and oxygen atoms in total. The summed E-state index contributed by atoms with van der Waals surface area (Å²) in [6.07, 6.45) is 4.76. The third-order valence-corrected chi connectivity index (χ3v) is 9.80. The van der Waals surface area contributed by atoms with Crippen molar-refractivity contribution in [2.24, 2.45) is 5.73 Å². The molecule has 3 N–H and O–H groups in total. The highest BCUT2D eigenvalue weighted by atomic mass is 35.5. The van der Waals surface area contributed by atoms with Crippen LogP contribution in [0.4, 0.5) is 19.0 Å². The number of aromatic nitrogens is 3. The molecule has 5 heterocycles. The van der Waals surface area contributed by atoms with Gasteiger partial charge in [-0.05, 0) is 67.5 Å². The Morgan fingerprint density at radius 2 is 1.94 bits per heavy atom. The van der Waals surface area contributed by atoms with Gasteiger partial charge in [0.2, 0.25) is 0 Å². The largest absolute Gasteiger partial charge is 0.481 e. The SMILES string of the molecule is Cl.Cl.N[C@@H]1CCCN(c2nc(OC[C@@]34CCCN3C[C@H](F)C4)nc3c(F)c(-c4cccc5ccc(F)c(CCCC(=O)O)c45)ncc23)C1. The molecule has 3 aliphatic rings. The minimum absolute atomic E-state index is 0. The van der Waals surface area contributed by atoms with Crippen molar-refractivity contribution in [3.63, 3.8) is 0 Å². The van der Waals surface area contributed by atoms with Gasteiger partial charge in [0.15, 0.2) is 5.82 Å². The lowest BCUT2D eigenvalue weighted by Crippen LogP contribution is -2.44. The molecule has 14 heteroatoms. The van der Waals surface area contributed by atoms with Crippen molar-refractivity contribution in [2.75, 3.05) is 37.7 Å². The van der Waals surface area contributed by atoms with Crippen molar-refractivity contribution >= 4 is 58.3 Å². The van der Waals surface area contributed by atoms with E-state index in [9.17, 15) is 9.18 Å². The molecule has 258 valence electrons. The third kappa shape index (κ3) is 6.72. The Kier molecular flexibility index (Phi) is 10.9. The van der Waals surface area contributed by atoms with Gasteiger partial charge < -0.3 is 20.5 Å². The summed E-state index contributed by atoms with van der Waals surface area (Å²) in [6.45, 7) is 2.59. The predicted molar refractivity (Wildman–Crippen MR) is 183 cm³/mol. The van der Waals surface area contributed by atoms with Crippen LogP contribution in [0.2, 0.25) is 0 Å². The summed E-state index contributed by atoms with van der Waals surface area (Å²) in [5, 5.41) is 10.7. The van der Waals surface area contributed by atoms with E-state index in [-0.39, 0.29) is 73.9 Å². The highest BCUT2D eigenvalue weighted by Gasteiger charge is 2.49. The lowest BCUT2D eigenvalue weighted by molar-refractivity contribution is -0.137. The van der Waals surface area contributed by atoms with E-state index in [4.69, 9.17) is 20.6 Å². The maximum absolute atomic E-state index is 16.8. The van der Waals surface area contributed by atoms with Gasteiger partial charge in [-0.1, -0.05) is 24.3 Å². The van der Waals surface area contributed by atoms with Crippen LogP contribution in [0.1, 0.15) is 50.5 Å². The van der Waals surface area contributed by atoms with Gasteiger partial charge in [0.05, 0.1) is 10.9 Å². The number of nitrogens with two attached hydrogens (primary N) is 1. The number of benzene rings is 2. The van der Waals surface area contributed by atoms with Crippen molar-refractivity contribution in [2.45, 2.75) is 69.1 Å².